The van der Waals surface area contributed by atoms with Gasteiger partial charge in [-0.1, -0.05) is 12.2 Å². The van der Waals surface area contributed by atoms with Gasteiger partial charge >= 0.3 is 0 Å². The number of nitrogens with zero attached hydrogens (tertiary/aromatic N) is 2. The zero-order valence-corrected chi connectivity index (χ0v) is 12.0. The van der Waals surface area contributed by atoms with Crippen LogP contribution in [0, 0.1) is 22.0 Å². The summed E-state index contributed by atoms with van der Waals surface area (Å²) in [5, 5.41) is 11.0. The maximum Gasteiger partial charge on any atom is 0.271 e. The Bertz CT molecular complexity index is 743. The molecule has 2 saturated heterocycles. The quantitative estimate of drug-likeness (QED) is 0.358. The summed E-state index contributed by atoms with van der Waals surface area (Å²) in [5.41, 5.74) is -0.110. The maximum atomic E-state index is 12.7. The molecule has 4 atom stereocenters. The summed E-state index contributed by atoms with van der Waals surface area (Å²) in [4.78, 5) is 36.8. The molecule has 8 heteroatoms. The van der Waals surface area contributed by atoms with Crippen molar-refractivity contribution in [2.75, 3.05) is 12.0 Å². The van der Waals surface area contributed by atoms with E-state index >= 15 is 0 Å². The van der Waals surface area contributed by atoms with Crippen LogP contribution in [0.2, 0.25) is 0 Å². The topological polar surface area (TPSA) is 99.0 Å². The van der Waals surface area contributed by atoms with Crippen LogP contribution in [0.25, 0.3) is 0 Å². The highest BCUT2D eigenvalue weighted by atomic mass is 16.6. The van der Waals surface area contributed by atoms with E-state index in [1.807, 2.05) is 0 Å². The third kappa shape index (κ3) is 1.75. The van der Waals surface area contributed by atoms with Gasteiger partial charge in [-0.3, -0.25) is 19.7 Å². The fourth-order valence-corrected chi connectivity index (χ4v) is 3.51. The monoisotopic (exact) mass is 316 g/mol. The number of benzene rings is 1. The van der Waals surface area contributed by atoms with Crippen molar-refractivity contribution in [2.24, 2.45) is 11.8 Å². The zero-order valence-electron chi connectivity index (χ0n) is 12.0. The minimum Gasteiger partial charge on any atom is -0.495 e. The van der Waals surface area contributed by atoms with E-state index in [9.17, 15) is 19.7 Å². The highest BCUT2D eigenvalue weighted by Crippen LogP contribution is 2.48. The molecule has 0 saturated carbocycles. The van der Waals surface area contributed by atoms with Gasteiger partial charge in [-0.15, -0.1) is 0 Å². The largest absolute Gasteiger partial charge is 0.495 e. The molecule has 4 rings (SSSR count). The first-order chi connectivity index (χ1) is 11.0. The number of carbonyl (C=O) groups excluding carboxylic acids is 2. The second kappa shape index (κ2) is 4.63. The normalized spacial score (nSPS) is 30.9. The maximum absolute atomic E-state index is 12.7. The number of non-ortho nitro benzene ring substituents is 1. The lowest BCUT2D eigenvalue weighted by Crippen LogP contribution is -2.34. The minimum atomic E-state index is -0.580. The fraction of sp³-hybridized carbons (Fsp3) is 0.333. The van der Waals surface area contributed by atoms with Gasteiger partial charge in [-0.05, 0) is 6.07 Å². The van der Waals surface area contributed by atoms with E-state index in [4.69, 9.17) is 9.47 Å². The van der Waals surface area contributed by atoms with E-state index in [0.29, 0.717) is 0 Å². The third-order valence-electron chi connectivity index (χ3n) is 4.52. The van der Waals surface area contributed by atoms with Crippen molar-refractivity contribution >= 4 is 23.2 Å². The Morgan fingerprint density at radius 2 is 1.78 bits per heavy atom. The molecule has 0 N–H and O–H groups in total. The van der Waals surface area contributed by atoms with E-state index in [-0.39, 0.29) is 17.1 Å². The first kappa shape index (κ1) is 13.9. The number of nitro groups is 1. The lowest BCUT2D eigenvalue weighted by molar-refractivity contribution is -0.384. The molecule has 0 spiro atoms. The van der Waals surface area contributed by atoms with Crippen LogP contribution in [0.4, 0.5) is 11.4 Å². The van der Waals surface area contributed by atoms with Crippen molar-refractivity contribution in [3.8, 4) is 5.75 Å². The number of nitro benzene ring substituents is 1. The number of imide groups is 1. The molecule has 8 nitrogen and oxygen atoms in total. The first-order valence-electron chi connectivity index (χ1n) is 7.07. The van der Waals surface area contributed by atoms with Crippen molar-refractivity contribution in [1.82, 2.24) is 0 Å². The molecule has 3 aliphatic rings. The summed E-state index contributed by atoms with van der Waals surface area (Å²) in [6.45, 7) is 0. The summed E-state index contributed by atoms with van der Waals surface area (Å²) in [7, 11) is 1.38. The van der Waals surface area contributed by atoms with Gasteiger partial charge in [0.15, 0.2) is 0 Å². The molecule has 3 heterocycles. The van der Waals surface area contributed by atoms with Crippen LogP contribution in [-0.4, -0.2) is 36.1 Å². The number of rotatable bonds is 3. The van der Waals surface area contributed by atoms with Crippen LogP contribution in [0.5, 0.6) is 5.75 Å². The molecular weight excluding hydrogens is 304 g/mol. The first-order valence-corrected chi connectivity index (χ1v) is 7.07. The number of hydrogen-bond donors (Lipinski definition) is 0. The Morgan fingerprint density at radius 3 is 2.30 bits per heavy atom. The van der Waals surface area contributed by atoms with Crippen LogP contribution in [-0.2, 0) is 14.3 Å². The highest BCUT2D eigenvalue weighted by Gasteiger charge is 2.61. The molecule has 0 radical (unpaired) electrons. The van der Waals surface area contributed by atoms with E-state index in [1.54, 1.807) is 12.2 Å². The van der Waals surface area contributed by atoms with E-state index < -0.39 is 40.8 Å². The van der Waals surface area contributed by atoms with Gasteiger partial charge in [0.05, 0.1) is 36.1 Å². The molecule has 2 bridgehead atoms. The van der Waals surface area contributed by atoms with Gasteiger partial charge in [0, 0.05) is 12.1 Å². The van der Waals surface area contributed by atoms with Gasteiger partial charge in [0.1, 0.15) is 11.4 Å². The summed E-state index contributed by atoms with van der Waals surface area (Å²) < 4.78 is 10.7. The Morgan fingerprint density at radius 1 is 1.17 bits per heavy atom. The van der Waals surface area contributed by atoms with Crippen molar-refractivity contribution in [3.63, 3.8) is 0 Å². The average molecular weight is 316 g/mol. The van der Waals surface area contributed by atoms with Crippen molar-refractivity contribution < 1.29 is 24.0 Å². The third-order valence-corrected chi connectivity index (χ3v) is 4.52. The van der Waals surface area contributed by atoms with Gasteiger partial charge in [-0.25, -0.2) is 4.90 Å². The zero-order chi connectivity index (χ0) is 16.3. The Labute approximate surface area is 130 Å². The molecule has 1 aromatic carbocycles. The summed E-state index contributed by atoms with van der Waals surface area (Å²) >= 11 is 0. The molecule has 118 valence electrons. The Kier molecular flexibility index (Phi) is 2.79. The number of methoxy groups -OCH3 is 1. The predicted molar refractivity (Wildman–Crippen MR) is 76.9 cm³/mol. The van der Waals surface area contributed by atoms with Crippen LogP contribution in [0.1, 0.15) is 0 Å². The summed E-state index contributed by atoms with van der Waals surface area (Å²) in [5.74, 6) is -1.72. The van der Waals surface area contributed by atoms with Crippen LogP contribution < -0.4 is 9.64 Å². The molecule has 0 aliphatic carbocycles. The molecule has 23 heavy (non-hydrogen) atoms. The van der Waals surface area contributed by atoms with Gasteiger partial charge in [-0.2, -0.15) is 0 Å². The highest BCUT2D eigenvalue weighted by molar-refractivity contribution is 6.23. The Balaban J connectivity index is 1.80. The SMILES string of the molecule is COc1ccc([N+](=O)[O-])cc1N1C(=O)[C@@H]2[C@H](C1=O)[C@@H]1C=C[C@@H]2O1. The van der Waals surface area contributed by atoms with E-state index in [2.05, 4.69) is 0 Å². The van der Waals surface area contributed by atoms with Crippen LogP contribution in [0.15, 0.2) is 30.4 Å². The predicted octanol–water partition coefficient (Wildman–Crippen LogP) is 1.05. The number of amides is 2. The molecule has 0 unspecified atom stereocenters. The fourth-order valence-electron chi connectivity index (χ4n) is 3.51. The molecule has 0 aromatic heterocycles. The summed E-state index contributed by atoms with van der Waals surface area (Å²) in [6.07, 6.45) is 2.75. The molecule has 3 aliphatic heterocycles. The molecule has 2 fully saturated rings. The van der Waals surface area contributed by atoms with Gasteiger partial charge in [0.25, 0.3) is 5.69 Å². The lowest BCUT2D eigenvalue weighted by atomic mass is 9.85. The number of ether oxygens (including phenoxy) is 2. The second-order valence-corrected chi connectivity index (χ2v) is 5.63. The molecular formula is C15H12N2O6. The van der Waals surface area contributed by atoms with E-state index in [0.717, 1.165) is 4.90 Å². The molecule has 1 aromatic rings. The van der Waals surface area contributed by atoms with Crippen LogP contribution in [0.3, 0.4) is 0 Å². The van der Waals surface area contributed by atoms with Crippen molar-refractivity contribution in [3.05, 3.63) is 40.5 Å². The van der Waals surface area contributed by atoms with E-state index in [1.165, 1.54) is 25.3 Å². The lowest BCUT2D eigenvalue weighted by Gasteiger charge is -2.19. The van der Waals surface area contributed by atoms with Gasteiger partial charge in [0.2, 0.25) is 11.8 Å². The van der Waals surface area contributed by atoms with Gasteiger partial charge < -0.3 is 9.47 Å². The number of anilines is 1. The second-order valence-electron chi connectivity index (χ2n) is 5.63. The number of hydrogen-bond acceptors (Lipinski definition) is 6. The number of fused-ring (bicyclic) bond motifs is 5. The summed E-state index contributed by atoms with van der Waals surface area (Å²) in [6, 6.07) is 3.83. The van der Waals surface area contributed by atoms with Crippen LogP contribution >= 0.6 is 0 Å². The van der Waals surface area contributed by atoms with Crippen molar-refractivity contribution in [1.29, 1.82) is 0 Å². The Hall–Kier alpha value is -2.74. The standard InChI is InChI=1S/C15H12N2O6/c1-22-9-3-2-7(17(20)21)6-8(9)16-14(18)12-10-4-5-11(23-10)13(12)15(16)19/h2-6,10-13H,1H3/t10-,11-,12-,13+/m0/s1. The minimum absolute atomic E-state index is 0.102. The smallest absolute Gasteiger partial charge is 0.271 e. The average Bonchev–Trinajstić information content (AvgIpc) is 3.21. The molecule has 2 amide bonds. The number of carbonyl (C=O) groups is 2. The van der Waals surface area contributed by atoms with Crippen molar-refractivity contribution in [2.45, 2.75) is 12.2 Å².